The van der Waals surface area contributed by atoms with Gasteiger partial charge in [0.05, 0.1) is 23.8 Å². The number of hydrogen-bond acceptors (Lipinski definition) is 6. The van der Waals surface area contributed by atoms with Crippen molar-refractivity contribution in [1.29, 1.82) is 0 Å². The van der Waals surface area contributed by atoms with Gasteiger partial charge in [0.1, 0.15) is 11.6 Å². The third-order valence-electron chi connectivity index (χ3n) is 1.93. The number of carboxylic acid groups (broad SMARTS) is 2. The molecule has 18 heavy (non-hydrogen) atoms. The molecule has 2 atom stereocenters. The van der Waals surface area contributed by atoms with Gasteiger partial charge < -0.3 is 19.8 Å². The second kappa shape index (κ2) is 13.2. The Morgan fingerprint density at radius 2 is 0.889 bits per heavy atom. The molecule has 112 valence electrons. The molecule has 0 aliphatic heterocycles. The number of carbonyl (C=O) groups is 4. The van der Waals surface area contributed by atoms with Crippen LogP contribution in [0.5, 0.6) is 0 Å². The Bertz CT molecular complexity index is 245. The minimum atomic E-state index is -1.31. The number of carbonyl (C=O) groups excluding carboxylic acids is 4. The number of aliphatic carboxylic acids is 2. The maximum absolute atomic E-state index is 10.2. The molecule has 0 aromatic carbocycles. The molecule has 0 aliphatic rings. The van der Waals surface area contributed by atoms with E-state index in [2.05, 4.69) is 0 Å². The van der Waals surface area contributed by atoms with Crippen LogP contribution in [0.15, 0.2) is 0 Å². The average molecular weight is 446 g/mol. The Balaban J connectivity index is -0.0000000980. The summed E-state index contributed by atoms with van der Waals surface area (Å²) in [5.74, 6) is -5.28. The molecule has 0 N–H and O–H groups in total. The van der Waals surface area contributed by atoms with Gasteiger partial charge in [-0.3, -0.25) is 9.59 Å². The molecule has 2 unspecified atom stereocenters. The first kappa shape index (κ1) is 26.3. The minimum absolute atomic E-state index is 0. The first-order valence-corrected chi connectivity index (χ1v) is 4.53. The summed E-state index contributed by atoms with van der Waals surface area (Å²) >= 11 is 0. The SMILES string of the molecule is CC(=O)C(C)C(=O)[O-].CC(=O)C(C)C(=O)[O-].[Ag+].[Ag+]. The van der Waals surface area contributed by atoms with Gasteiger partial charge >= 0.3 is 44.8 Å². The van der Waals surface area contributed by atoms with E-state index in [1.54, 1.807) is 0 Å². The van der Waals surface area contributed by atoms with Crippen molar-refractivity contribution < 1.29 is 74.2 Å². The zero-order chi connectivity index (χ0) is 13.5. The molecule has 0 rings (SSSR count). The van der Waals surface area contributed by atoms with E-state index in [0.29, 0.717) is 0 Å². The van der Waals surface area contributed by atoms with Crippen molar-refractivity contribution in [2.24, 2.45) is 11.8 Å². The zero-order valence-corrected chi connectivity index (χ0v) is 13.2. The van der Waals surface area contributed by atoms with Crippen LogP contribution in [0.4, 0.5) is 0 Å². The predicted octanol–water partition coefficient (Wildman–Crippen LogP) is -2.08. The molecule has 0 fully saturated rings. The fraction of sp³-hybridized carbons (Fsp3) is 0.600. The Hall–Kier alpha value is -0.239. The maximum Gasteiger partial charge on any atom is 1.00 e. The van der Waals surface area contributed by atoms with Gasteiger partial charge in [0.2, 0.25) is 0 Å². The molecule has 0 amide bonds. The van der Waals surface area contributed by atoms with Gasteiger partial charge in [0.25, 0.3) is 0 Å². The van der Waals surface area contributed by atoms with E-state index in [4.69, 9.17) is 0 Å². The van der Waals surface area contributed by atoms with Crippen LogP contribution in [-0.4, -0.2) is 23.5 Å². The van der Waals surface area contributed by atoms with Crippen molar-refractivity contribution in [2.75, 3.05) is 0 Å². The Kier molecular flexibility index (Phi) is 19.3. The number of hydrogen-bond donors (Lipinski definition) is 0. The summed E-state index contributed by atoms with van der Waals surface area (Å²) < 4.78 is 0. The van der Waals surface area contributed by atoms with Crippen LogP contribution in [0.2, 0.25) is 0 Å². The number of Topliss-reactive ketones (excluding diaryl/α,β-unsaturated/α-hetero) is 2. The molecule has 0 aromatic heterocycles. The van der Waals surface area contributed by atoms with Crippen LogP contribution >= 0.6 is 0 Å². The third-order valence-corrected chi connectivity index (χ3v) is 1.93. The first-order valence-electron chi connectivity index (χ1n) is 4.53. The summed E-state index contributed by atoms with van der Waals surface area (Å²) in [4.78, 5) is 39.9. The van der Waals surface area contributed by atoms with Crippen LogP contribution in [0.25, 0.3) is 0 Å². The van der Waals surface area contributed by atoms with Gasteiger partial charge in [0.15, 0.2) is 0 Å². The summed E-state index contributed by atoms with van der Waals surface area (Å²) in [6.45, 7) is 5.05. The second-order valence-electron chi connectivity index (χ2n) is 3.30. The molecule has 0 heterocycles. The van der Waals surface area contributed by atoms with Gasteiger partial charge in [-0.2, -0.15) is 0 Å². The molecule has 0 saturated heterocycles. The van der Waals surface area contributed by atoms with Crippen LogP contribution in [-0.2, 0) is 63.9 Å². The quantitative estimate of drug-likeness (QED) is 0.362. The predicted molar refractivity (Wildman–Crippen MR) is 49.7 cm³/mol. The molecule has 0 aromatic rings. The number of carboxylic acids is 2. The fourth-order valence-electron chi connectivity index (χ4n) is 0.332. The van der Waals surface area contributed by atoms with E-state index in [1.165, 1.54) is 27.7 Å². The van der Waals surface area contributed by atoms with Crippen molar-refractivity contribution in [3.8, 4) is 0 Å². The van der Waals surface area contributed by atoms with Gasteiger partial charge in [-0.25, -0.2) is 0 Å². The van der Waals surface area contributed by atoms with Crippen LogP contribution in [0.1, 0.15) is 27.7 Å². The summed E-state index contributed by atoms with van der Waals surface area (Å²) in [5.41, 5.74) is 0. The van der Waals surface area contributed by atoms with E-state index < -0.39 is 23.8 Å². The van der Waals surface area contributed by atoms with Crippen LogP contribution in [0, 0.1) is 11.8 Å². The molecule has 6 nitrogen and oxygen atoms in total. The summed E-state index contributed by atoms with van der Waals surface area (Å²) in [6.07, 6.45) is 0. The second-order valence-corrected chi connectivity index (χ2v) is 3.30. The van der Waals surface area contributed by atoms with Crippen molar-refractivity contribution in [3.05, 3.63) is 0 Å². The molecule has 0 saturated carbocycles. The van der Waals surface area contributed by atoms with Crippen molar-refractivity contribution >= 4 is 23.5 Å². The molecule has 8 heteroatoms. The number of ketones is 2. The molecular formula is C10H14Ag2O6. The van der Waals surface area contributed by atoms with Crippen molar-refractivity contribution in [3.63, 3.8) is 0 Å². The summed E-state index contributed by atoms with van der Waals surface area (Å²) in [6, 6.07) is 0. The Labute approximate surface area is 137 Å². The standard InChI is InChI=1S/2C5H8O3.2Ag/c2*1-3(4(2)6)5(7)8;;/h2*3H,1-2H3,(H,7,8);;/q;;2*+1/p-2. The zero-order valence-electron chi connectivity index (χ0n) is 10.2. The smallest absolute Gasteiger partial charge is 0.549 e. The van der Waals surface area contributed by atoms with Gasteiger partial charge in [-0.1, -0.05) is 13.8 Å². The molecule has 0 aliphatic carbocycles. The van der Waals surface area contributed by atoms with E-state index in [0.717, 1.165) is 0 Å². The maximum atomic E-state index is 10.2. The fourth-order valence-corrected chi connectivity index (χ4v) is 0.332. The normalized spacial score (nSPS) is 11.3. The van der Waals surface area contributed by atoms with E-state index >= 15 is 0 Å². The van der Waals surface area contributed by atoms with Crippen LogP contribution < -0.4 is 10.2 Å². The first-order chi connectivity index (χ1) is 7.11. The van der Waals surface area contributed by atoms with E-state index in [9.17, 15) is 29.4 Å². The monoisotopic (exact) mass is 444 g/mol. The topological polar surface area (TPSA) is 114 Å². The third kappa shape index (κ3) is 13.8. The largest absolute Gasteiger partial charge is 1.00 e. The van der Waals surface area contributed by atoms with E-state index in [-0.39, 0.29) is 56.3 Å². The Morgan fingerprint density at radius 1 is 0.722 bits per heavy atom. The average Bonchev–Trinajstić information content (AvgIpc) is 2.15. The van der Waals surface area contributed by atoms with Gasteiger partial charge in [0, 0.05) is 0 Å². The van der Waals surface area contributed by atoms with Crippen molar-refractivity contribution in [2.45, 2.75) is 27.7 Å². The van der Waals surface area contributed by atoms with Crippen LogP contribution in [0.3, 0.4) is 0 Å². The summed E-state index contributed by atoms with van der Waals surface area (Å²) in [5, 5.41) is 19.6. The molecular weight excluding hydrogens is 432 g/mol. The Morgan fingerprint density at radius 3 is 0.889 bits per heavy atom. The van der Waals surface area contributed by atoms with Gasteiger partial charge in [-0.05, 0) is 13.8 Å². The van der Waals surface area contributed by atoms with Crippen molar-refractivity contribution in [1.82, 2.24) is 0 Å². The molecule has 0 radical (unpaired) electrons. The number of rotatable bonds is 4. The molecule has 0 bridgehead atoms. The summed E-state index contributed by atoms with van der Waals surface area (Å²) in [7, 11) is 0. The van der Waals surface area contributed by atoms with Gasteiger partial charge in [-0.15, -0.1) is 0 Å². The minimum Gasteiger partial charge on any atom is -0.549 e. The van der Waals surface area contributed by atoms with E-state index in [1.807, 2.05) is 0 Å². The molecule has 0 spiro atoms.